The van der Waals surface area contributed by atoms with Gasteiger partial charge in [-0.15, -0.1) is 0 Å². The SMILES string of the molecule is CC1(C)CCC(CN)(N2CCCC2)C1. The van der Waals surface area contributed by atoms with E-state index >= 15 is 0 Å². The third-order valence-corrected chi connectivity index (χ3v) is 4.23. The summed E-state index contributed by atoms with van der Waals surface area (Å²) in [6, 6.07) is 0. The Hall–Kier alpha value is -0.0800. The molecule has 2 aliphatic rings. The molecule has 1 heterocycles. The van der Waals surface area contributed by atoms with Crippen LogP contribution in [0.2, 0.25) is 0 Å². The monoisotopic (exact) mass is 196 g/mol. The fourth-order valence-electron chi connectivity index (χ4n) is 3.40. The summed E-state index contributed by atoms with van der Waals surface area (Å²) in [5.74, 6) is 0. The summed E-state index contributed by atoms with van der Waals surface area (Å²) in [7, 11) is 0. The minimum absolute atomic E-state index is 0.361. The van der Waals surface area contributed by atoms with Crippen LogP contribution in [0.3, 0.4) is 0 Å². The first kappa shape index (κ1) is 10.4. The highest BCUT2D eigenvalue weighted by Gasteiger charge is 2.46. The average molecular weight is 196 g/mol. The van der Waals surface area contributed by atoms with Crippen molar-refractivity contribution in [2.24, 2.45) is 11.1 Å². The molecule has 1 saturated carbocycles. The maximum absolute atomic E-state index is 6.03. The molecule has 0 aromatic carbocycles. The van der Waals surface area contributed by atoms with Crippen molar-refractivity contribution in [1.82, 2.24) is 4.90 Å². The molecule has 0 aromatic heterocycles. The Morgan fingerprint density at radius 2 is 1.79 bits per heavy atom. The zero-order valence-electron chi connectivity index (χ0n) is 9.68. The van der Waals surface area contributed by atoms with Crippen molar-refractivity contribution < 1.29 is 0 Å². The molecule has 2 rings (SSSR count). The van der Waals surface area contributed by atoms with Crippen LogP contribution in [-0.4, -0.2) is 30.1 Å². The molecule has 1 unspecified atom stereocenters. The molecule has 2 N–H and O–H groups in total. The lowest BCUT2D eigenvalue weighted by Gasteiger charge is -2.39. The van der Waals surface area contributed by atoms with Gasteiger partial charge in [0.25, 0.3) is 0 Å². The average Bonchev–Trinajstić information content (AvgIpc) is 2.72. The third-order valence-electron chi connectivity index (χ3n) is 4.23. The Bertz CT molecular complexity index is 206. The van der Waals surface area contributed by atoms with Crippen LogP contribution in [0.5, 0.6) is 0 Å². The van der Waals surface area contributed by atoms with Crippen LogP contribution in [0, 0.1) is 5.41 Å². The van der Waals surface area contributed by atoms with E-state index in [-0.39, 0.29) is 0 Å². The molecule has 0 radical (unpaired) electrons. The van der Waals surface area contributed by atoms with Gasteiger partial charge in [-0.2, -0.15) is 0 Å². The number of likely N-dealkylation sites (tertiary alicyclic amines) is 1. The number of nitrogens with zero attached hydrogens (tertiary/aromatic N) is 1. The van der Waals surface area contributed by atoms with E-state index in [1.807, 2.05) is 0 Å². The first-order chi connectivity index (χ1) is 6.58. The Kier molecular flexibility index (Phi) is 2.61. The lowest BCUT2D eigenvalue weighted by atomic mass is 9.87. The van der Waals surface area contributed by atoms with Gasteiger partial charge in [-0.25, -0.2) is 0 Å². The Balaban J connectivity index is 2.10. The first-order valence-electron chi connectivity index (χ1n) is 6.03. The van der Waals surface area contributed by atoms with Crippen LogP contribution < -0.4 is 5.73 Å². The van der Waals surface area contributed by atoms with E-state index in [1.54, 1.807) is 0 Å². The van der Waals surface area contributed by atoms with E-state index in [9.17, 15) is 0 Å². The zero-order valence-corrected chi connectivity index (χ0v) is 9.68. The van der Waals surface area contributed by atoms with Crippen LogP contribution in [-0.2, 0) is 0 Å². The molecule has 14 heavy (non-hydrogen) atoms. The van der Waals surface area contributed by atoms with E-state index in [4.69, 9.17) is 5.73 Å². The maximum atomic E-state index is 6.03. The molecule has 2 heteroatoms. The molecule has 1 aliphatic heterocycles. The topological polar surface area (TPSA) is 29.3 Å². The van der Waals surface area contributed by atoms with Gasteiger partial charge in [-0.1, -0.05) is 13.8 Å². The van der Waals surface area contributed by atoms with Gasteiger partial charge in [0.2, 0.25) is 0 Å². The second-order valence-corrected chi connectivity index (χ2v) is 5.96. The minimum atomic E-state index is 0.361. The van der Waals surface area contributed by atoms with Crippen LogP contribution in [0.4, 0.5) is 0 Å². The van der Waals surface area contributed by atoms with E-state index in [0.717, 1.165) is 6.54 Å². The van der Waals surface area contributed by atoms with Crippen molar-refractivity contribution in [1.29, 1.82) is 0 Å². The molecule has 2 fully saturated rings. The maximum Gasteiger partial charge on any atom is 0.0337 e. The highest BCUT2D eigenvalue weighted by atomic mass is 15.2. The fourth-order valence-corrected chi connectivity index (χ4v) is 3.40. The van der Waals surface area contributed by atoms with Crippen LogP contribution in [0.15, 0.2) is 0 Å². The van der Waals surface area contributed by atoms with Crippen molar-refractivity contribution in [3.05, 3.63) is 0 Å². The Morgan fingerprint density at radius 3 is 2.21 bits per heavy atom. The molecular formula is C12H24N2. The molecule has 0 amide bonds. The van der Waals surface area contributed by atoms with Gasteiger partial charge in [0.1, 0.15) is 0 Å². The van der Waals surface area contributed by atoms with Gasteiger partial charge in [0, 0.05) is 12.1 Å². The van der Waals surface area contributed by atoms with Gasteiger partial charge in [0.15, 0.2) is 0 Å². The van der Waals surface area contributed by atoms with E-state index < -0.39 is 0 Å². The second kappa shape index (κ2) is 3.49. The van der Waals surface area contributed by atoms with Crippen molar-refractivity contribution in [3.8, 4) is 0 Å². The molecule has 0 bridgehead atoms. The van der Waals surface area contributed by atoms with E-state index in [1.165, 1.54) is 45.2 Å². The summed E-state index contributed by atoms with van der Waals surface area (Å²) >= 11 is 0. The highest BCUT2D eigenvalue weighted by molar-refractivity contribution is 5.03. The van der Waals surface area contributed by atoms with Gasteiger partial charge < -0.3 is 5.73 Å². The van der Waals surface area contributed by atoms with Gasteiger partial charge >= 0.3 is 0 Å². The summed E-state index contributed by atoms with van der Waals surface area (Å²) in [6.45, 7) is 8.21. The fraction of sp³-hybridized carbons (Fsp3) is 1.00. The molecule has 1 aliphatic carbocycles. The summed E-state index contributed by atoms with van der Waals surface area (Å²) < 4.78 is 0. The summed E-state index contributed by atoms with van der Waals surface area (Å²) in [6.07, 6.45) is 6.72. The van der Waals surface area contributed by atoms with Crippen LogP contribution >= 0.6 is 0 Å². The van der Waals surface area contributed by atoms with Crippen LogP contribution in [0.25, 0.3) is 0 Å². The van der Waals surface area contributed by atoms with Crippen molar-refractivity contribution in [3.63, 3.8) is 0 Å². The van der Waals surface area contributed by atoms with Gasteiger partial charge in [0.05, 0.1) is 0 Å². The summed E-state index contributed by atoms with van der Waals surface area (Å²) in [4.78, 5) is 2.67. The lowest BCUT2D eigenvalue weighted by Crippen LogP contribution is -2.51. The molecule has 2 nitrogen and oxygen atoms in total. The predicted molar refractivity (Wildman–Crippen MR) is 60.2 cm³/mol. The third kappa shape index (κ3) is 1.70. The smallest absolute Gasteiger partial charge is 0.0337 e. The van der Waals surface area contributed by atoms with Crippen molar-refractivity contribution in [2.75, 3.05) is 19.6 Å². The molecule has 82 valence electrons. The molecule has 1 saturated heterocycles. The van der Waals surface area contributed by atoms with Gasteiger partial charge in [-0.05, 0) is 50.6 Å². The quantitative estimate of drug-likeness (QED) is 0.732. The number of hydrogen-bond acceptors (Lipinski definition) is 2. The Morgan fingerprint density at radius 1 is 1.14 bits per heavy atom. The molecule has 0 spiro atoms. The van der Waals surface area contributed by atoms with Gasteiger partial charge in [-0.3, -0.25) is 4.90 Å². The van der Waals surface area contributed by atoms with E-state index in [2.05, 4.69) is 18.7 Å². The standard InChI is InChI=1S/C12H24N2/c1-11(2)5-6-12(9-11,10-13)14-7-3-4-8-14/h3-10,13H2,1-2H3. The molecule has 1 atom stereocenters. The lowest BCUT2D eigenvalue weighted by molar-refractivity contribution is 0.117. The van der Waals surface area contributed by atoms with Crippen LogP contribution in [0.1, 0.15) is 46.0 Å². The number of rotatable bonds is 2. The highest BCUT2D eigenvalue weighted by Crippen LogP contribution is 2.46. The summed E-state index contributed by atoms with van der Waals surface area (Å²) in [5, 5.41) is 0. The molecular weight excluding hydrogens is 172 g/mol. The van der Waals surface area contributed by atoms with E-state index in [0.29, 0.717) is 11.0 Å². The normalized spacial score (nSPS) is 37.9. The Labute approximate surface area is 87.8 Å². The largest absolute Gasteiger partial charge is 0.329 e. The predicted octanol–water partition coefficient (Wildman–Crippen LogP) is 1.99. The van der Waals surface area contributed by atoms with Crippen molar-refractivity contribution in [2.45, 2.75) is 51.5 Å². The van der Waals surface area contributed by atoms with Crippen molar-refractivity contribution >= 4 is 0 Å². The minimum Gasteiger partial charge on any atom is -0.329 e. The molecule has 0 aromatic rings. The first-order valence-corrected chi connectivity index (χ1v) is 6.03. The number of nitrogens with two attached hydrogens (primary N) is 1. The summed E-state index contributed by atoms with van der Waals surface area (Å²) in [5.41, 5.74) is 6.90. The second-order valence-electron chi connectivity index (χ2n) is 5.96. The number of hydrogen-bond donors (Lipinski definition) is 1. The zero-order chi connectivity index (χ0) is 10.2.